The number of nitrogens with two attached hydrogens (primary N) is 1. The quantitative estimate of drug-likeness (QED) is 0.823. The molecule has 0 aliphatic carbocycles. The van der Waals surface area contributed by atoms with Gasteiger partial charge in [0.15, 0.2) is 0 Å². The second-order valence-corrected chi connectivity index (χ2v) is 4.74. The van der Waals surface area contributed by atoms with Gasteiger partial charge in [-0.25, -0.2) is 0 Å². The molecule has 0 atom stereocenters. The number of rotatable bonds is 2. The van der Waals surface area contributed by atoms with Crippen LogP contribution in [0.2, 0.25) is 0 Å². The van der Waals surface area contributed by atoms with Gasteiger partial charge in [0, 0.05) is 16.7 Å². The van der Waals surface area contributed by atoms with Gasteiger partial charge >= 0.3 is 0 Å². The van der Waals surface area contributed by atoms with Gasteiger partial charge in [0.2, 0.25) is 0 Å². The Bertz CT molecular complexity index is 319. The molecule has 1 aliphatic heterocycles. The molecule has 0 radical (unpaired) electrons. The summed E-state index contributed by atoms with van der Waals surface area (Å²) in [5, 5.41) is 0. The second kappa shape index (κ2) is 4.32. The number of anilines is 1. The zero-order valence-corrected chi connectivity index (χ0v) is 9.76. The normalized spacial score (nSPS) is 17.5. The lowest BCUT2D eigenvalue weighted by Gasteiger charge is -2.16. The molecule has 1 aliphatic rings. The van der Waals surface area contributed by atoms with Crippen molar-refractivity contribution in [1.82, 2.24) is 4.90 Å². The Morgan fingerprint density at radius 3 is 2.71 bits per heavy atom. The minimum absolute atomic E-state index is 0.903. The minimum Gasteiger partial charge on any atom is -0.398 e. The Morgan fingerprint density at radius 2 is 2.00 bits per heavy atom. The smallest absolute Gasteiger partial charge is 0.0360 e. The molecular formula is C11H15BrN2. The summed E-state index contributed by atoms with van der Waals surface area (Å²) in [4.78, 5) is 2.46. The van der Waals surface area contributed by atoms with E-state index in [0.717, 1.165) is 16.7 Å². The van der Waals surface area contributed by atoms with Gasteiger partial charge in [-0.05, 0) is 49.7 Å². The van der Waals surface area contributed by atoms with Crippen molar-refractivity contribution in [3.05, 3.63) is 28.2 Å². The highest BCUT2D eigenvalue weighted by atomic mass is 79.9. The van der Waals surface area contributed by atoms with Gasteiger partial charge in [-0.2, -0.15) is 0 Å². The maximum Gasteiger partial charge on any atom is 0.0360 e. The maximum atomic E-state index is 5.92. The molecule has 14 heavy (non-hydrogen) atoms. The highest BCUT2D eigenvalue weighted by Crippen LogP contribution is 2.21. The van der Waals surface area contributed by atoms with Crippen LogP contribution in [0.5, 0.6) is 0 Å². The highest BCUT2D eigenvalue weighted by molar-refractivity contribution is 9.10. The Morgan fingerprint density at radius 1 is 1.29 bits per heavy atom. The van der Waals surface area contributed by atoms with E-state index in [4.69, 9.17) is 5.73 Å². The Labute approximate surface area is 93.2 Å². The molecule has 0 unspecified atom stereocenters. The van der Waals surface area contributed by atoms with Crippen LogP contribution in [-0.4, -0.2) is 18.0 Å². The number of hydrogen-bond donors (Lipinski definition) is 1. The SMILES string of the molecule is Nc1ccc(Br)cc1CN1CCCC1. The Kier molecular flexibility index (Phi) is 3.08. The maximum absolute atomic E-state index is 5.92. The van der Waals surface area contributed by atoms with E-state index >= 15 is 0 Å². The highest BCUT2D eigenvalue weighted by Gasteiger charge is 2.12. The third-order valence-corrected chi connectivity index (χ3v) is 3.19. The molecule has 0 spiro atoms. The number of likely N-dealkylation sites (tertiary alicyclic amines) is 1. The van der Waals surface area contributed by atoms with Gasteiger partial charge in [-0.1, -0.05) is 15.9 Å². The molecule has 0 bridgehead atoms. The molecule has 2 N–H and O–H groups in total. The molecule has 1 aromatic carbocycles. The zero-order chi connectivity index (χ0) is 9.97. The van der Waals surface area contributed by atoms with E-state index in [2.05, 4.69) is 26.9 Å². The van der Waals surface area contributed by atoms with Crippen LogP contribution < -0.4 is 5.73 Å². The lowest BCUT2D eigenvalue weighted by atomic mass is 10.2. The third kappa shape index (κ3) is 2.28. The molecule has 1 heterocycles. The second-order valence-electron chi connectivity index (χ2n) is 3.83. The van der Waals surface area contributed by atoms with Crippen LogP contribution in [0.25, 0.3) is 0 Å². The number of halogens is 1. The molecule has 1 fully saturated rings. The first-order chi connectivity index (χ1) is 6.75. The van der Waals surface area contributed by atoms with E-state index in [1.165, 1.54) is 31.5 Å². The standard InChI is InChI=1S/C11H15BrN2/c12-10-3-4-11(13)9(7-10)8-14-5-1-2-6-14/h3-4,7H,1-2,5-6,8,13H2. The predicted octanol–water partition coefficient (Wildman–Crippen LogP) is 2.63. The van der Waals surface area contributed by atoms with Crippen LogP contribution in [0.3, 0.4) is 0 Å². The Hall–Kier alpha value is -0.540. The molecular weight excluding hydrogens is 240 g/mol. The summed E-state index contributed by atoms with van der Waals surface area (Å²) in [6, 6.07) is 6.08. The molecule has 2 rings (SSSR count). The summed E-state index contributed by atoms with van der Waals surface area (Å²) in [6.45, 7) is 3.42. The van der Waals surface area contributed by atoms with Gasteiger partial charge < -0.3 is 5.73 Å². The number of hydrogen-bond acceptors (Lipinski definition) is 2. The van der Waals surface area contributed by atoms with Crippen LogP contribution in [0.4, 0.5) is 5.69 Å². The molecule has 3 heteroatoms. The first-order valence-corrected chi connectivity index (χ1v) is 5.81. The first-order valence-electron chi connectivity index (χ1n) is 5.02. The van der Waals surface area contributed by atoms with Crippen LogP contribution in [0.15, 0.2) is 22.7 Å². The van der Waals surface area contributed by atoms with Gasteiger partial charge in [0.05, 0.1) is 0 Å². The molecule has 0 amide bonds. The van der Waals surface area contributed by atoms with Gasteiger partial charge in [0.25, 0.3) is 0 Å². The van der Waals surface area contributed by atoms with E-state index in [1.807, 2.05) is 12.1 Å². The summed E-state index contributed by atoms with van der Waals surface area (Å²) < 4.78 is 1.11. The van der Waals surface area contributed by atoms with Crippen molar-refractivity contribution in [2.75, 3.05) is 18.8 Å². The Balaban J connectivity index is 2.10. The third-order valence-electron chi connectivity index (χ3n) is 2.70. The van der Waals surface area contributed by atoms with Crippen LogP contribution in [0.1, 0.15) is 18.4 Å². The van der Waals surface area contributed by atoms with Gasteiger partial charge in [-0.15, -0.1) is 0 Å². The van der Waals surface area contributed by atoms with Gasteiger partial charge in [-0.3, -0.25) is 4.90 Å². The van der Waals surface area contributed by atoms with Crippen LogP contribution >= 0.6 is 15.9 Å². The number of nitrogens with zero attached hydrogens (tertiary/aromatic N) is 1. The minimum atomic E-state index is 0.903. The largest absolute Gasteiger partial charge is 0.398 e. The van der Waals surface area contributed by atoms with Crippen molar-refractivity contribution < 1.29 is 0 Å². The summed E-state index contributed by atoms with van der Waals surface area (Å²) in [6.07, 6.45) is 2.65. The van der Waals surface area contributed by atoms with Gasteiger partial charge in [0.1, 0.15) is 0 Å². The van der Waals surface area contributed by atoms with E-state index in [0.29, 0.717) is 0 Å². The first kappa shape index (κ1) is 9.99. The number of benzene rings is 1. The van der Waals surface area contributed by atoms with E-state index in [9.17, 15) is 0 Å². The summed E-state index contributed by atoms with van der Waals surface area (Å²) in [7, 11) is 0. The fourth-order valence-corrected chi connectivity index (χ4v) is 2.30. The van der Waals surface area contributed by atoms with E-state index in [-0.39, 0.29) is 0 Å². The van der Waals surface area contributed by atoms with Crippen molar-refractivity contribution in [3.8, 4) is 0 Å². The fourth-order valence-electron chi connectivity index (χ4n) is 1.89. The molecule has 0 saturated carbocycles. The predicted molar refractivity (Wildman–Crippen MR) is 63.1 cm³/mol. The molecule has 2 nitrogen and oxygen atoms in total. The van der Waals surface area contributed by atoms with Crippen molar-refractivity contribution in [2.45, 2.75) is 19.4 Å². The molecule has 0 aromatic heterocycles. The summed E-state index contributed by atoms with van der Waals surface area (Å²) in [5.41, 5.74) is 8.06. The topological polar surface area (TPSA) is 29.3 Å². The summed E-state index contributed by atoms with van der Waals surface area (Å²) in [5.74, 6) is 0. The average molecular weight is 255 g/mol. The molecule has 76 valence electrons. The lowest BCUT2D eigenvalue weighted by Crippen LogP contribution is -2.19. The molecule has 1 saturated heterocycles. The van der Waals surface area contributed by atoms with Crippen molar-refractivity contribution >= 4 is 21.6 Å². The van der Waals surface area contributed by atoms with Crippen molar-refractivity contribution in [2.24, 2.45) is 0 Å². The monoisotopic (exact) mass is 254 g/mol. The van der Waals surface area contributed by atoms with Crippen LogP contribution in [0, 0.1) is 0 Å². The van der Waals surface area contributed by atoms with E-state index in [1.54, 1.807) is 0 Å². The van der Waals surface area contributed by atoms with Crippen molar-refractivity contribution in [1.29, 1.82) is 0 Å². The average Bonchev–Trinajstić information content (AvgIpc) is 2.64. The fraction of sp³-hybridized carbons (Fsp3) is 0.455. The van der Waals surface area contributed by atoms with E-state index < -0.39 is 0 Å². The van der Waals surface area contributed by atoms with Crippen LogP contribution in [-0.2, 0) is 6.54 Å². The zero-order valence-electron chi connectivity index (χ0n) is 8.17. The number of nitrogen functional groups attached to an aromatic ring is 1. The summed E-state index contributed by atoms with van der Waals surface area (Å²) >= 11 is 3.47. The molecule has 1 aromatic rings. The van der Waals surface area contributed by atoms with Crippen molar-refractivity contribution in [3.63, 3.8) is 0 Å². The lowest BCUT2D eigenvalue weighted by molar-refractivity contribution is 0.332.